The molecular formula is C10H14ClNO4. The van der Waals surface area contributed by atoms with Gasteiger partial charge in [-0.3, -0.25) is 4.79 Å². The maximum Gasteiger partial charge on any atom is 0.320 e. The Morgan fingerprint density at radius 3 is 2.56 bits per heavy atom. The van der Waals surface area contributed by atoms with Crippen molar-refractivity contribution in [3.8, 4) is 5.75 Å². The fourth-order valence-corrected chi connectivity index (χ4v) is 1.21. The normalized spacial score (nSPS) is 13.6. The van der Waals surface area contributed by atoms with Gasteiger partial charge in [0.2, 0.25) is 0 Å². The highest BCUT2D eigenvalue weighted by molar-refractivity contribution is 5.85. The largest absolute Gasteiger partial charge is 0.508 e. The van der Waals surface area contributed by atoms with Crippen molar-refractivity contribution in [3.05, 3.63) is 29.8 Å². The number of carboxylic acid groups (broad SMARTS) is 1. The van der Waals surface area contributed by atoms with Gasteiger partial charge < -0.3 is 21.1 Å². The maximum atomic E-state index is 10.4. The summed E-state index contributed by atoms with van der Waals surface area (Å²) in [6.45, 7) is 0. The SMILES string of the molecule is Cl.NC(CC(O)c1cccc(O)c1)C(=O)O. The minimum absolute atomic E-state index is 0. The Kier molecular flexibility index (Phi) is 5.81. The highest BCUT2D eigenvalue weighted by Gasteiger charge is 2.18. The number of aliphatic carboxylic acids is 1. The zero-order valence-corrected chi connectivity index (χ0v) is 9.22. The molecule has 0 aromatic heterocycles. The topological polar surface area (TPSA) is 104 Å². The lowest BCUT2D eigenvalue weighted by Gasteiger charge is -2.13. The van der Waals surface area contributed by atoms with Crippen molar-refractivity contribution in [2.75, 3.05) is 0 Å². The number of halogens is 1. The summed E-state index contributed by atoms with van der Waals surface area (Å²) in [5.74, 6) is -1.13. The second-order valence-corrected chi connectivity index (χ2v) is 3.29. The molecule has 0 aliphatic carbocycles. The van der Waals surface area contributed by atoms with Crippen LogP contribution in [0.1, 0.15) is 18.1 Å². The molecule has 5 nitrogen and oxygen atoms in total. The van der Waals surface area contributed by atoms with E-state index in [1.54, 1.807) is 12.1 Å². The average Bonchev–Trinajstić information content (AvgIpc) is 2.17. The van der Waals surface area contributed by atoms with E-state index in [2.05, 4.69) is 0 Å². The molecule has 6 heteroatoms. The Hall–Kier alpha value is -1.30. The van der Waals surface area contributed by atoms with Crippen LogP contribution in [0.15, 0.2) is 24.3 Å². The van der Waals surface area contributed by atoms with Crippen LogP contribution in [0, 0.1) is 0 Å². The molecule has 90 valence electrons. The molecule has 1 aromatic carbocycles. The Balaban J connectivity index is 0.00000225. The zero-order chi connectivity index (χ0) is 11.4. The number of nitrogens with two attached hydrogens (primary N) is 1. The molecule has 0 radical (unpaired) electrons. The van der Waals surface area contributed by atoms with E-state index in [0.717, 1.165) is 0 Å². The van der Waals surface area contributed by atoms with Crippen LogP contribution in [0.25, 0.3) is 0 Å². The number of hydrogen-bond acceptors (Lipinski definition) is 4. The van der Waals surface area contributed by atoms with Crippen LogP contribution in [0.4, 0.5) is 0 Å². The summed E-state index contributed by atoms with van der Waals surface area (Å²) in [6, 6.07) is 4.90. The van der Waals surface area contributed by atoms with Gasteiger partial charge in [0.05, 0.1) is 6.10 Å². The van der Waals surface area contributed by atoms with Gasteiger partial charge in [-0.1, -0.05) is 12.1 Å². The monoisotopic (exact) mass is 247 g/mol. The van der Waals surface area contributed by atoms with Crippen LogP contribution in [-0.4, -0.2) is 27.3 Å². The van der Waals surface area contributed by atoms with Gasteiger partial charge in [-0.2, -0.15) is 0 Å². The van der Waals surface area contributed by atoms with Crippen molar-refractivity contribution in [3.63, 3.8) is 0 Å². The molecule has 16 heavy (non-hydrogen) atoms. The third-order valence-corrected chi connectivity index (χ3v) is 2.05. The lowest BCUT2D eigenvalue weighted by atomic mass is 10.0. The number of benzene rings is 1. The van der Waals surface area contributed by atoms with E-state index in [4.69, 9.17) is 15.9 Å². The van der Waals surface area contributed by atoms with Crippen molar-refractivity contribution in [1.82, 2.24) is 0 Å². The first kappa shape index (κ1) is 14.7. The molecule has 0 saturated heterocycles. The van der Waals surface area contributed by atoms with E-state index in [0.29, 0.717) is 5.56 Å². The Bertz CT molecular complexity index is 358. The number of phenolic OH excluding ortho intramolecular Hbond substituents is 1. The van der Waals surface area contributed by atoms with Gasteiger partial charge in [-0.15, -0.1) is 12.4 Å². The van der Waals surface area contributed by atoms with Crippen LogP contribution < -0.4 is 5.73 Å². The Morgan fingerprint density at radius 2 is 2.06 bits per heavy atom. The minimum Gasteiger partial charge on any atom is -0.508 e. The number of rotatable bonds is 4. The molecule has 0 bridgehead atoms. The molecule has 2 unspecified atom stereocenters. The Morgan fingerprint density at radius 1 is 1.44 bits per heavy atom. The van der Waals surface area contributed by atoms with E-state index >= 15 is 0 Å². The summed E-state index contributed by atoms with van der Waals surface area (Å²) in [5, 5.41) is 27.3. The highest BCUT2D eigenvalue weighted by atomic mass is 35.5. The van der Waals surface area contributed by atoms with E-state index in [1.165, 1.54) is 12.1 Å². The van der Waals surface area contributed by atoms with Crippen LogP contribution in [0.5, 0.6) is 5.75 Å². The lowest BCUT2D eigenvalue weighted by Crippen LogP contribution is -2.31. The summed E-state index contributed by atoms with van der Waals surface area (Å²) in [7, 11) is 0. The van der Waals surface area contributed by atoms with Gasteiger partial charge in [0.15, 0.2) is 0 Å². The van der Waals surface area contributed by atoms with Crippen LogP contribution in [-0.2, 0) is 4.79 Å². The number of aromatic hydroxyl groups is 1. The average molecular weight is 248 g/mol. The highest BCUT2D eigenvalue weighted by Crippen LogP contribution is 2.21. The summed E-state index contributed by atoms with van der Waals surface area (Å²) in [6.07, 6.45) is -1.07. The van der Waals surface area contributed by atoms with Crippen LogP contribution >= 0.6 is 12.4 Å². The lowest BCUT2D eigenvalue weighted by molar-refractivity contribution is -0.139. The van der Waals surface area contributed by atoms with Crippen molar-refractivity contribution in [1.29, 1.82) is 0 Å². The predicted molar refractivity (Wildman–Crippen MR) is 60.5 cm³/mol. The number of carboxylic acids is 1. The molecule has 0 fully saturated rings. The number of aliphatic hydroxyl groups excluding tert-OH is 1. The Labute approximate surface area is 98.9 Å². The van der Waals surface area contributed by atoms with E-state index in [9.17, 15) is 9.90 Å². The molecule has 0 heterocycles. The summed E-state index contributed by atoms with van der Waals surface area (Å²) in [4.78, 5) is 10.4. The van der Waals surface area contributed by atoms with Crippen molar-refractivity contribution < 1.29 is 20.1 Å². The maximum absolute atomic E-state index is 10.4. The molecule has 0 amide bonds. The van der Waals surface area contributed by atoms with Gasteiger partial charge >= 0.3 is 5.97 Å². The van der Waals surface area contributed by atoms with Crippen LogP contribution in [0.3, 0.4) is 0 Å². The van der Waals surface area contributed by atoms with Crippen molar-refractivity contribution in [2.24, 2.45) is 5.73 Å². The van der Waals surface area contributed by atoms with Gasteiger partial charge in [0.1, 0.15) is 11.8 Å². The first-order valence-corrected chi connectivity index (χ1v) is 4.46. The first-order chi connectivity index (χ1) is 7.00. The fraction of sp³-hybridized carbons (Fsp3) is 0.300. The molecule has 2 atom stereocenters. The van der Waals surface area contributed by atoms with Gasteiger partial charge in [0.25, 0.3) is 0 Å². The van der Waals surface area contributed by atoms with Gasteiger partial charge in [-0.25, -0.2) is 0 Å². The van der Waals surface area contributed by atoms with E-state index < -0.39 is 18.1 Å². The molecule has 1 aromatic rings. The molecule has 0 spiro atoms. The summed E-state index contributed by atoms with van der Waals surface area (Å²) >= 11 is 0. The molecule has 0 aliphatic rings. The van der Waals surface area contributed by atoms with E-state index in [-0.39, 0.29) is 24.6 Å². The van der Waals surface area contributed by atoms with Crippen molar-refractivity contribution in [2.45, 2.75) is 18.6 Å². The molecule has 5 N–H and O–H groups in total. The fourth-order valence-electron chi connectivity index (χ4n) is 1.21. The quantitative estimate of drug-likeness (QED) is 0.625. The second kappa shape index (κ2) is 6.32. The molecule has 0 saturated carbocycles. The summed E-state index contributed by atoms with van der Waals surface area (Å²) in [5.41, 5.74) is 5.72. The third kappa shape index (κ3) is 4.06. The molecule has 1 rings (SSSR count). The smallest absolute Gasteiger partial charge is 0.320 e. The number of aliphatic hydroxyl groups is 1. The standard InChI is InChI=1S/C10H13NO4.ClH/c11-8(10(14)15)5-9(13)6-2-1-3-7(12)4-6;/h1-4,8-9,12-13H,5,11H2,(H,14,15);1H. The minimum atomic E-state index is -1.16. The summed E-state index contributed by atoms with van der Waals surface area (Å²) < 4.78 is 0. The number of hydrogen-bond donors (Lipinski definition) is 4. The molecular weight excluding hydrogens is 234 g/mol. The zero-order valence-electron chi connectivity index (χ0n) is 8.41. The number of carbonyl (C=O) groups is 1. The number of phenols is 1. The predicted octanol–water partition coefficient (Wildman–Crippen LogP) is 0.649. The molecule has 0 aliphatic heterocycles. The van der Waals surface area contributed by atoms with E-state index in [1.807, 2.05) is 0 Å². The van der Waals surface area contributed by atoms with Gasteiger partial charge in [-0.05, 0) is 17.7 Å². The van der Waals surface area contributed by atoms with Crippen molar-refractivity contribution >= 4 is 18.4 Å². The first-order valence-electron chi connectivity index (χ1n) is 4.46. The van der Waals surface area contributed by atoms with Gasteiger partial charge in [0, 0.05) is 6.42 Å². The third-order valence-electron chi connectivity index (χ3n) is 2.05. The second-order valence-electron chi connectivity index (χ2n) is 3.29. The van der Waals surface area contributed by atoms with Crippen LogP contribution in [0.2, 0.25) is 0 Å².